The van der Waals surface area contributed by atoms with E-state index in [1.807, 2.05) is 0 Å². The zero-order valence-electron chi connectivity index (χ0n) is 9.70. The first-order chi connectivity index (χ1) is 8.77. The fourth-order valence-corrected chi connectivity index (χ4v) is 2.36. The number of carboxylic acids is 1. The molecule has 0 atom stereocenters. The molecule has 0 spiro atoms. The second-order valence-corrected chi connectivity index (χ2v) is 4.28. The summed E-state index contributed by atoms with van der Waals surface area (Å²) in [5, 5.41) is 11.2. The molecule has 0 N–H and O–H groups in total. The molecule has 0 saturated carbocycles. The molecule has 6 heteroatoms. The summed E-state index contributed by atoms with van der Waals surface area (Å²) in [6, 6.07) is 3.55. The van der Waals surface area contributed by atoms with E-state index >= 15 is 0 Å². The fourth-order valence-electron chi connectivity index (χ4n) is 2.36. The van der Waals surface area contributed by atoms with Crippen LogP contribution >= 0.6 is 0 Å². The molecule has 2 aromatic heterocycles. The van der Waals surface area contributed by atoms with E-state index in [-0.39, 0.29) is 11.9 Å². The van der Waals surface area contributed by atoms with Crippen LogP contribution in [0.5, 0.6) is 0 Å². The molecule has 18 heavy (non-hydrogen) atoms. The summed E-state index contributed by atoms with van der Waals surface area (Å²) >= 11 is 0. The molecule has 94 valence electrons. The van der Waals surface area contributed by atoms with Crippen LogP contribution in [-0.4, -0.2) is 33.7 Å². The highest BCUT2D eigenvalue weighted by Gasteiger charge is 2.22. The number of carbonyl (C=O) groups is 1. The number of hydrogen-bond donors (Lipinski definition) is 0. The second kappa shape index (κ2) is 4.38. The molecule has 0 aliphatic carbocycles. The lowest BCUT2D eigenvalue weighted by atomic mass is 10.1. The van der Waals surface area contributed by atoms with Crippen LogP contribution < -0.4 is 5.11 Å². The number of aromatic nitrogens is 3. The Labute approximate surface area is 103 Å². The van der Waals surface area contributed by atoms with E-state index < -0.39 is 5.97 Å². The maximum atomic E-state index is 11.2. The van der Waals surface area contributed by atoms with Crippen LogP contribution in [0.4, 0.5) is 0 Å². The number of carbonyl (C=O) groups excluding carboxylic acids is 1. The maximum Gasteiger partial charge on any atom is 0.160 e. The van der Waals surface area contributed by atoms with Gasteiger partial charge in [0.1, 0.15) is 11.5 Å². The summed E-state index contributed by atoms with van der Waals surface area (Å²) in [6.07, 6.45) is 3.17. The average Bonchev–Trinajstić information content (AvgIpc) is 2.79. The molecule has 6 nitrogen and oxygen atoms in total. The van der Waals surface area contributed by atoms with Gasteiger partial charge in [0.25, 0.3) is 0 Å². The van der Waals surface area contributed by atoms with E-state index in [0.29, 0.717) is 24.4 Å². The first-order valence-electron chi connectivity index (χ1n) is 5.89. The lowest BCUT2D eigenvalue weighted by Gasteiger charge is -2.25. The Balaban J connectivity index is 2.17. The molecule has 0 bridgehead atoms. The highest BCUT2D eigenvalue weighted by molar-refractivity contribution is 5.87. The quantitative estimate of drug-likeness (QED) is 0.753. The predicted molar refractivity (Wildman–Crippen MR) is 60.9 cm³/mol. The summed E-state index contributed by atoms with van der Waals surface area (Å²) in [5.74, 6) is -1.31. The van der Waals surface area contributed by atoms with Gasteiger partial charge in [-0.05, 0) is 25.0 Å². The van der Waals surface area contributed by atoms with Crippen molar-refractivity contribution in [3.63, 3.8) is 0 Å². The van der Waals surface area contributed by atoms with Gasteiger partial charge in [0.2, 0.25) is 0 Å². The first kappa shape index (κ1) is 11.2. The lowest BCUT2D eigenvalue weighted by molar-refractivity contribution is -0.256. The molecule has 1 saturated heterocycles. The van der Waals surface area contributed by atoms with Crippen molar-refractivity contribution in [2.75, 3.05) is 13.2 Å². The number of nitrogens with zero attached hydrogens (tertiary/aromatic N) is 3. The standard InChI is InChI=1S/C12H13N3O3/c16-12(17)11-14-9-2-1-5-13-10(9)15(11)8-3-6-18-7-4-8/h1-2,5,8H,3-4,6-7H2,(H,16,17)/p-1. The van der Waals surface area contributed by atoms with Crippen molar-refractivity contribution in [3.05, 3.63) is 24.2 Å². The van der Waals surface area contributed by atoms with E-state index in [1.165, 1.54) is 0 Å². The summed E-state index contributed by atoms with van der Waals surface area (Å²) < 4.78 is 6.97. The van der Waals surface area contributed by atoms with Crippen molar-refractivity contribution in [3.8, 4) is 0 Å². The van der Waals surface area contributed by atoms with Crippen LogP contribution in [0.2, 0.25) is 0 Å². The highest BCUT2D eigenvalue weighted by atomic mass is 16.5. The minimum atomic E-state index is -1.26. The largest absolute Gasteiger partial charge is 0.542 e. The highest BCUT2D eigenvalue weighted by Crippen LogP contribution is 2.26. The Kier molecular flexibility index (Phi) is 2.71. The first-order valence-corrected chi connectivity index (χ1v) is 5.89. The van der Waals surface area contributed by atoms with Gasteiger partial charge in [-0.1, -0.05) is 0 Å². The van der Waals surface area contributed by atoms with Gasteiger partial charge in [-0.25, -0.2) is 9.97 Å². The monoisotopic (exact) mass is 246 g/mol. The van der Waals surface area contributed by atoms with Crippen molar-refractivity contribution in [2.24, 2.45) is 0 Å². The topological polar surface area (TPSA) is 80.1 Å². The van der Waals surface area contributed by atoms with Crippen molar-refractivity contribution >= 4 is 17.1 Å². The molecule has 2 aromatic rings. The van der Waals surface area contributed by atoms with Gasteiger partial charge >= 0.3 is 0 Å². The Morgan fingerprint density at radius 2 is 2.22 bits per heavy atom. The summed E-state index contributed by atoms with van der Waals surface area (Å²) in [4.78, 5) is 19.5. The number of pyridine rings is 1. The maximum absolute atomic E-state index is 11.2. The van der Waals surface area contributed by atoms with Crippen LogP contribution in [0.3, 0.4) is 0 Å². The third kappa shape index (κ3) is 1.74. The van der Waals surface area contributed by atoms with Gasteiger partial charge in [0, 0.05) is 25.5 Å². The normalized spacial score (nSPS) is 17.1. The van der Waals surface area contributed by atoms with E-state index in [1.54, 1.807) is 22.9 Å². The number of ether oxygens (including phenoxy) is 1. The molecule has 3 heterocycles. The van der Waals surface area contributed by atoms with Crippen LogP contribution in [-0.2, 0) is 4.74 Å². The molecule has 1 aliphatic rings. The molecule has 0 aromatic carbocycles. The zero-order chi connectivity index (χ0) is 12.5. The summed E-state index contributed by atoms with van der Waals surface area (Å²) in [6.45, 7) is 1.26. The molecule has 1 aliphatic heterocycles. The smallest absolute Gasteiger partial charge is 0.160 e. The third-order valence-corrected chi connectivity index (χ3v) is 3.19. The average molecular weight is 246 g/mol. The van der Waals surface area contributed by atoms with E-state index in [0.717, 1.165) is 12.8 Å². The number of carboxylic acid groups (broad SMARTS) is 1. The Morgan fingerprint density at radius 1 is 1.44 bits per heavy atom. The molecule has 0 radical (unpaired) electrons. The van der Waals surface area contributed by atoms with Crippen LogP contribution in [0.25, 0.3) is 11.2 Å². The van der Waals surface area contributed by atoms with Crippen LogP contribution in [0.1, 0.15) is 29.5 Å². The van der Waals surface area contributed by atoms with Crippen LogP contribution in [0.15, 0.2) is 18.3 Å². The minimum Gasteiger partial charge on any atom is -0.542 e. The van der Waals surface area contributed by atoms with Crippen molar-refractivity contribution in [1.82, 2.24) is 14.5 Å². The Bertz CT molecular complexity index is 587. The summed E-state index contributed by atoms with van der Waals surface area (Å²) in [5.41, 5.74) is 1.19. The lowest BCUT2D eigenvalue weighted by Crippen LogP contribution is -2.30. The van der Waals surface area contributed by atoms with Gasteiger partial charge in [0.05, 0.1) is 0 Å². The number of imidazole rings is 1. The Morgan fingerprint density at radius 3 is 2.94 bits per heavy atom. The molecule has 3 rings (SSSR count). The van der Waals surface area contributed by atoms with Gasteiger partial charge in [-0.3, -0.25) is 0 Å². The molecule has 0 unspecified atom stereocenters. The molecular formula is C12H12N3O3-. The van der Waals surface area contributed by atoms with E-state index in [9.17, 15) is 9.90 Å². The van der Waals surface area contributed by atoms with Crippen molar-refractivity contribution in [2.45, 2.75) is 18.9 Å². The molecule has 1 fully saturated rings. The molecular weight excluding hydrogens is 234 g/mol. The number of fused-ring (bicyclic) bond motifs is 1. The third-order valence-electron chi connectivity index (χ3n) is 3.19. The van der Waals surface area contributed by atoms with Gasteiger partial charge in [0.15, 0.2) is 11.5 Å². The van der Waals surface area contributed by atoms with Gasteiger partial charge in [-0.2, -0.15) is 0 Å². The fraction of sp³-hybridized carbons (Fsp3) is 0.417. The van der Waals surface area contributed by atoms with Gasteiger partial charge < -0.3 is 19.2 Å². The number of rotatable bonds is 2. The summed E-state index contributed by atoms with van der Waals surface area (Å²) in [7, 11) is 0. The zero-order valence-corrected chi connectivity index (χ0v) is 9.70. The van der Waals surface area contributed by atoms with E-state index in [4.69, 9.17) is 4.74 Å². The second-order valence-electron chi connectivity index (χ2n) is 4.28. The van der Waals surface area contributed by atoms with Gasteiger partial charge in [-0.15, -0.1) is 0 Å². The SMILES string of the molecule is O=C([O-])c1nc2cccnc2n1C1CCOCC1. The van der Waals surface area contributed by atoms with Crippen LogP contribution in [0, 0.1) is 0 Å². The van der Waals surface area contributed by atoms with E-state index in [2.05, 4.69) is 9.97 Å². The van der Waals surface area contributed by atoms with Crippen molar-refractivity contribution in [1.29, 1.82) is 0 Å². The number of aromatic carboxylic acids is 1. The van der Waals surface area contributed by atoms with Crippen molar-refractivity contribution < 1.29 is 14.6 Å². The predicted octanol–water partition coefficient (Wildman–Crippen LogP) is 0.146. The Hall–Kier alpha value is -1.95. The molecule has 0 amide bonds. The number of hydrogen-bond acceptors (Lipinski definition) is 5. The minimum absolute atomic E-state index is 0.0457.